The Morgan fingerprint density at radius 3 is 2.52 bits per heavy atom. The number of rotatable bonds is 3. The van der Waals surface area contributed by atoms with Gasteiger partial charge < -0.3 is 10.1 Å². The number of hydrogen-bond donors (Lipinski definition) is 1. The topological polar surface area (TPSA) is 96.0 Å². The maximum atomic E-state index is 13.5. The molecule has 2 amide bonds. The monoisotopic (exact) mass is 483 g/mol. The number of nitrogens with one attached hydrogen (secondary N) is 1. The number of ether oxygens (including phenoxy) is 1. The van der Waals surface area contributed by atoms with E-state index in [0.717, 1.165) is 4.31 Å². The van der Waals surface area contributed by atoms with Gasteiger partial charge in [-0.3, -0.25) is 18.8 Å². The first-order valence-corrected chi connectivity index (χ1v) is 11.9. The third-order valence-corrected chi connectivity index (χ3v) is 7.46. The van der Waals surface area contributed by atoms with Crippen LogP contribution in [0.5, 0.6) is 5.75 Å². The minimum Gasteiger partial charge on any atom is -0.476 e. The Morgan fingerprint density at radius 1 is 1.00 bits per heavy atom. The largest absolute Gasteiger partial charge is 0.476 e. The van der Waals surface area contributed by atoms with Crippen molar-refractivity contribution in [3.8, 4) is 5.75 Å². The molecule has 0 saturated heterocycles. The first-order chi connectivity index (χ1) is 15.8. The molecule has 1 atom stereocenters. The summed E-state index contributed by atoms with van der Waals surface area (Å²) in [5.41, 5.74) is 1.26. The second-order valence-electron chi connectivity index (χ2n) is 7.56. The molecule has 0 saturated carbocycles. The van der Waals surface area contributed by atoms with Crippen LogP contribution in [0.15, 0.2) is 77.7 Å². The smallest absolute Gasteiger partial charge is 0.270 e. The van der Waals surface area contributed by atoms with Gasteiger partial charge in [-0.25, -0.2) is 8.42 Å². The van der Waals surface area contributed by atoms with Gasteiger partial charge in [-0.2, -0.15) is 0 Å². The lowest BCUT2D eigenvalue weighted by Gasteiger charge is -2.38. The molecule has 2 heterocycles. The zero-order chi connectivity index (χ0) is 23.2. The van der Waals surface area contributed by atoms with E-state index in [9.17, 15) is 18.0 Å². The molecular formula is C23H18ClN3O5S. The quantitative estimate of drug-likeness (QED) is 0.616. The molecule has 0 fully saturated rings. The van der Waals surface area contributed by atoms with E-state index < -0.39 is 22.0 Å². The van der Waals surface area contributed by atoms with Crippen LogP contribution in [0.2, 0.25) is 5.02 Å². The minimum absolute atomic E-state index is 0.0757. The standard InChI is InChI=1S/C23H18ClN3O5S/c24-15-10-11-20-19(12-15)27(33(30,31)16-6-2-1-3-7-16)13-21(32-20)23(29)26-14-22(28)25-17-8-4-5-9-18(17)26/h1-12,21H,13-14H2,(H,25,28)/t21-/m1/s1. The number of benzene rings is 3. The number of halogens is 1. The van der Waals surface area contributed by atoms with Crippen molar-refractivity contribution in [1.29, 1.82) is 0 Å². The maximum Gasteiger partial charge on any atom is 0.270 e. The highest BCUT2D eigenvalue weighted by molar-refractivity contribution is 7.92. The highest BCUT2D eigenvalue weighted by atomic mass is 35.5. The van der Waals surface area contributed by atoms with Gasteiger partial charge in [-0.15, -0.1) is 0 Å². The zero-order valence-corrected chi connectivity index (χ0v) is 18.7. The van der Waals surface area contributed by atoms with Crippen molar-refractivity contribution in [1.82, 2.24) is 0 Å². The average Bonchev–Trinajstić information content (AvgIpc) is 2.82. The molecule has 0 unspecified atom stereocenters. The van der Waals surface area contributed by atoms with Crippen LogP contribution >= 0.6 is 11.6 Å². The lowest BCUT2D eigenvalue weighted by atomic mass is 10.1. The lowest BCUT2D eigenvalue weighted by molar-refractivity contribution is -0.127. The van der Waals surface area contributed by atoms with E-state index in [1.165, 1.54) is 29.2 Å². The van der Waals surface area contributed by atoms with E-state index in [4.69, 9.17) is 16.3 Å². The highest BCUT2D eigenvalue weighted by Gasteiger charge is 2.41. The fraction of sp³-hybridized carbons (Fsp3) is 0.130. The molecule has 3 aromatic rings. The molecule has 2 aliphatic rings. The summed E-state index contributed by atoms with van der Waals surface area (Å²) < 4.78 is 34.0. The number of anilines is 3. The van der Waals surface area contributed by atoms with E-state index in [1.807, 2.05) is 0 Å². The van der Waals surface area contributed by atoms with Crippen LogP contribution in [0.3, 0.4) is 0 Å². The molecule has 0 aromatic heterocycles. The molecule has 0 aliphatic carbocycles. The number of carbonyl (C=O) groups is 2. The molecule has 33 heavy (non-hydrogen) atoms. The summed E-state index contributed by atoms with van der Waals surface area (Å²) in [6.07, 6.45) is -1.17. The van der Waals surface area contributed by atoms with Gasteiger partial charge in [0.1, 0.15) is 12.3 Å². The Bertz CT molecular complexity index is 1360. The molecule has 0 spiro atoms. The Hall–Kier alpha value is -3.56. The predicted octanol–water partition coefficient (Wildman–Crippen LogP) is 3.28. The Labute approximate surface area is 195 Å². The van der Waals surface area contributed by atoms with Crippen molar-refractivity contribution in [3.05, 3.63) is 77.8 Å². The Morgan fingerprint density at radius 2 is 1.73 bits per heavy atom. The van der Waals surface area contributed by atoms with Crippen LogP contribution < -0.4 is 19.3 Å². The van der Waals surface area contributed by atoms with Gasteiger partial charge in [0.25, 0.3) is 15.9 Å². The highest BCUT2D eigenvalue weighted by Crippen LogP contribution is 2.40. The molecule has 2 aliphatic heterocycles. The van der Waals surface area contributed by atoms with E-state index in [0.29, 0.717) is 16.4 Å². The van der Waals surface area contributed by atoms with Gasteiger partial charge in [0.15, 0.2) is 6.10 Å². The fourth-order valence-corrected chi connectivity index (χ4v) is 5.56. The molecule has 10 heteroatoms. The summed E-state index contributed by atoms with van der Waals surface area (Å²) in [6.45, 7) is -0.474. The van der Waals surface area contributed by atoms with Crippen LogP contribution in [0.4, 0.5) is 17.1 Å². The lowest BCUT2D eigenvalue weighted by Crippen LogP contribution is -2.54. The third kappa shape index (κ3) is 3.79. The second-order valence-corrected chi connectivity index (χ2v) is 9.86. The summed E-state index contributed by atoms with van der Waals surface area (Å²) in [4.78, 5) is 27.1. The molecule has 3 aromatic carbocycles. The van der Waals surface area contributed by atoms with Gasteiger partial charge in [0, 0.05) is 5.02 Å². The van der Waals surface area contributed by atoms with Gasteiger partial charge in [0.2, 0.25) is 5.91 Å². The maximum absolute atomic E-state index is 13.5. The summed E-state index contributed by atoms with van der Waals surface area (Å²) in [5.74, 6) is -0.664. The van der Waals surface area contributed by atoms with Gasteiger partial charge in [-0.05, 0) is 42.5 Å². The minimum atomic E-state index is -4.02. The summed E-state index contributed by atoms with van der Waals surface area (Å²) in [6, 6.07) is 19.4. The van der Waals surface area contributed by atoms with Crippen molar-refractivity contribution in [3.63, 3.8) is 0 Å². The van der Waals surface area contributed by atoms with Crippen LogP contribution in [-0.4, -0.2) is 39.4 Å². The number of sulfonamides is 1. The number of fused-ring (bicyclic) bond motifs is 2. The van der Waals surface area contributed by atoms with Crippen molar-refractivity contribution >= 4 is 50.5 Å². The normalized spacial score (nSPS) is 17.5. The van der Waals surface area contributed by atoms with E-state index in [1.54, 1.807) is 48.5 Å². The number of amides is 2. The third-order valence-electron chi connectivity index (χ3n) is 5.43. The van der Waals surface area contributed by atoms with Crippen LogP contribution in [0.25, 0.3) is 0 Å². The first-order valence-electron chi connectivity index (χ1n) is 10.1. The van der Waals surface area contributed by atoms with E-state index in [-0.39, 0.29) is 35.3 Å². The number of para-hydroxylation sites is 2. The molecule has 0 radical (unpaired) electrons. The molecule has 8 nitrogen and oxygen atoms in total. The first kappa shape index (κ1) is 21.3. The van der Waals surface area contributed by atoms with Crippen molar-refractivity contribution in [2.24, 2.45) is 0 Å². The number of nitrogens with zero attached hydrogens (tertiary/aromatic N) is 2. The van der Waals surface area contributed by atoms with Crippen LogP contribution in [0.1, 0.15) is 0 Å². The zero-order valence-electron chi connectivity index (χ0n) is 17.1. The summed E-state index contributed by atoms with van der Waals surface area (Å²) >= 11 is 6.13. The van der Waals surface area contributed by atoms with E-state index in [2.05, 4.69) is 5.32 Å². The molecular weight excluding hydrogens is 466 g/mol. The fourth-order valence-electron chi connectivity index (χ4n) is 3.90. The summed E-state index contributed by atoms with van der Waals surface area (Å²) in [5, 5.41) is 3.06. The van der Waals surface area contributed by atoms with Crippen molar-refractivity contribution in [2.75, 3.05) is 27.6 Å². The Balaban J connectivity index is 1.55. The van der Waals surface area contributed by atoms with Crippen LogP contribution in [-0.2, 0) is 19.6 Å². The molecule has 1 N–H and O–H groups in total. The SMILES string of the molecule is O=C1CN(C(=O)[C@H]2CN(S(=O)(=O)c3ccccc3)c3cc(Cl)ccc3O2)c2ccccc2N1. The van der Waals surface area contributed by atoms with Gasteiger partial charge >= 0.3 is 0 Å². The van der Waals surface area contributed by atoms with Crippen molar-refractivity contribution in [2.45, 2.75) is 11.0 Å². The molecule has 168 valence electrons. The Kier molecular flexibility index (Phi) is 5.22. The summed E-state index contributed by atoms with van der Waals surface area (Å²) in [7, 11) is -4.02. The molecule has 5 rings (SSSR count). The molecule has 0 bridgehead atoms. The van der Waals surface area contributed by atoms with Gasteiger partial charge in [-0.1, -0.05) is 41.9 Å². The predicted molar refractivity (Wildman–Crippen MR) is 124 cm³/mol. The number of hydrogen-bond acceptors (Lipinski definition) is 5. The van der Waals surface area contributed by atoms with Crippen molar-refractivity contribution < 1.29 is 22.7 Å². The second kappa shape index (κ2) is 8.09. The number of carbonyl (C=O) groups excluding carboxylic acids is 2. The van der Waals surface area contributed by atoms with E-state index >= 15 is 0 Å². The van der Waals surface area contributed by atoms with Gasteiger partial charge in [0.05, 0.1) is 28.5 Å². The average molecular weight is 484 g/mol. The van der Waals surface area contributed by atoms with Crippen LogP contribution in [0, 0.1) is 0 Å².